The molecule has 150 valence electrons. The highest BCUT2D eigenvalue weighted by Crippen LogP contribution is 2.29. The summed E-state index contributed by atoms with van der Waals surface area (Å²) in [6.45, 7) is 3.40. The third-order valence-corrected chi connectivity index (χ3v) is 5.70. The van der Waals surface area contributed by atoms with E-state index in [4.69, 9.17) is 21.6 Å². The standard InChI is InChI=1S/C19H18ClFN6OS/c1-10-13(9-22)5-7-16(24-10)26-17(12-4-6-15(21)14(20)8-12)18-25-11(2)19(27-18)29(3,23)28/h4-8,17,23H,1-3H3,(H,24,26)(H,25,27). The van der Waals surface area contributed by atoms with Crippen LogP contribution in [0.15, 0.2) is 35.4 Å². The lowest BCUT2D eigenvalue weighted by atomic mass is 10.1. The molecule has 3 aromatic rings. The van der Waals surface area contributed by atoms with E-state index in [0.29, 0.717) is 34.2 Å². The van der Waals surface area contributed by atoms with E-state index >= 15 is 0 Å². The summed E-state index contributed by atoms with van der Waals surface area (Å²) in [4.78, 5) is 11.8. The summed E-state index contributed by atoms with van der Waals surface area (Å²) in [7, 11) is -3.04. The van der Waals surface area contributed by atoms with Crippen molar-refractivity contribution in [3.8, 4) is 6.07 Å². The summed E-state index contributed by atoms with van der Waals surface area (Å²) in [6, 6.07) is 8.97. The van der Waals surface area contributed by atoms with Gasteiger partial charge in [-0.25, -0.2) is 23.3 Å². The molecule has 7 nitrogen and oxygen atoms in total. The monoisotopic (exact) mass is 432 g/mol. The molecule has 0 aliphatic rings. The van der Waals surface area contributed by atoms with Crippen LogP contribution in [0.2, 0.25) is 5.02 Å². The van der Waals surface area contributed by atoms with Gasteiger partial charge in [0.2, 0.25) is 0 Å². The first-order chi connectivity index (χ1) is 13.6. The van der Waals surface area contributed by atoms with E-state index in [1.165, 1.54) is 18.4 Å². The zero-order valence-electron chi connectivity index (χ0n) is 15.9. The van der Waals surface area contributed by atoms with Crippen LogP contribution in [-0.4, -0.2) is 25.4 Å². The number of pyridine rings is 1. The number of imidazole rings is 1. The molecule has 0 fully saturated rings. The maximum Gasteiger partial charge on any atom is 0.156 e. The van der Waals surface area contributed by atoms with Crippen molar-refractivity contribution in [3.05, 3.63) is 69.5 Å². The molecular weight excluding hydrogens is 415 g/mol. The minimum Gasteiger partial charge on any atom is -0.356 e. The molecule has 0 amide bonds. The maximum atomic E-state index is 13.7. The summed E-state index contributed by atoms with van der Waals surface area (Å²) >= 11 is 5.96. The first kappa shape index (κ1) is 20.8. The minimum atomic E-state index is -3.04. The predicted octanol–water partition coefficient (Wildman–Crippen LogP) is 4.32. The van der Waals surface area contributed by atoms with E-state index in [-0.39, 0.29) is 10.0 Å². The van der Waals surface area contributed by atoms with Crippen molar-refractivity contribution in [1.29, 1.82) is 10.0 Å². The summed E-state index contributed by atoms with van der Waals surface area (Å²) in [5, 5.41) is 12.4. The van der Waals surface area contributed by atoms with Crippen LogP contribution >= 0.6 is 11.6 Å². The van der Waals surface area contributed by atoms with Gasteiger partial charge in [0.05, 0.1) is 26.0 Å². The van der Waals surface area contributed by atoms with Crippen molar-refractivity contribution in [2.75, 3.05) is 11.6 Å². The number of hydrogen-bond acceptors (Lipinski definition) is 6. The molecule has 29 heavy (non-hydrogen) atoms. The van der Waals surface area contributed by atoms with E-state index < -0.39 is 21.6 Å². The van der Waals surface area contributed by atoms with E-state index in [0.717, 1.165) is 0 Å². The summed E-state index contributed by atoms with van der Waals surface area (Å²) in [6.07, 6.45) is 1.29. The minimum absolute atomic E-state index is 0.0541. The van der Waals surface area contributed by atoms with Gasteiger partial charge in [0.25, 0.3) is 0 Å². The van der Waals surface area contributed by atoms with Gasteiger partial charge in [-0.2, -0.15) is 5.26 Å². The molecule has 0 radical (unpaired) electrons. The normalized spacial score (nSPS) is 14.1. The second kappa shape index (κ2) is 7.81. The van der Waals surface area contributed by atoms with E-state index in [1.54, 1.807) is 32.0 Å². The molecule has 2 aromatic heterocycles. The quantitative estimate of drug-likeness (QED) is 0.554. The number of aromatic nitrogens is 3. The molecule has 0 saturated heterocycles. The van der Waals surface area contributed by atoms with Gasteiger partial charge in [-0.05, 0) is 43.7 Å². The highest BCUT2D eigenvalue weighted by molar-refractivity contribution is 7.91. The van der Waals surface area contributed by atoms with Gasteiger partial charge in [-0.1, -0.05) is 17.7 Å². The number of hydrogen-bond donors (Lipinski definition) is 3. The lowest BCUT2D eigenvalue weighted by molar-refractivity contribution is 0.627. The largest absolute Gasteiger partial charge is 0.356 e. The van der Waals surface area contributed by atoms with Crippen LogP contribution in [0.3, 0.4) is 0 Å². The highest BCUT2D eigenvalue weighted by atomic mass is 35.5. The molecular formula is C19H18ClFN6OS. The molecule has 0 spiro atoms. The second-order valence-electron chi connectivity index (χ2n) is 6.59. The average molecular weight is 433 g/mol. The SMILES string of the molecule is Cc1nc(NC(c2ccc(F)c(Cl)c2)c2nc(S(C)(=N)=O)c(C)[nH]2)ccc1C#N. The van der Waals surface area contributed by atoms with E-state index in [1.807, 2.05) is 0 Å². The van der Waals surface area contributed by atoms with Gasteiger partial charge in [0.1, 0.15) is 29.6 Å². The number of anilines is 1. The van der Waals surface area contributed by atoms with Crippen LogP contribution in [0, 0.1) is 35.8 Å². The van der Waals surface area contributed by atoms with Crippen molar-refractivity contribution >= 4 is 27.1 Å². The van der Waals surface area contributed by atoms with Gasteiger partial charge in [0.15, 0.2) is 5.03 Å². The van der Waals surface area contributed by atoms with Crippen LogP contribution in [-0.2, 0) is 9.73 Å². The Balaban J connectivity index is 2.11. The number of aromatic amines is 1. The van der Waals surface area contributed by atoms with Crippen molar-refractivity contribution in [2.24, 2.45) is 0 Å². The third-order valence-electron chi connectivity index (χ3n) is 4.28. The van der Waals surface area contributed by atoms with Crippen LogP contribution in [0.1, 0.15) is 34.4 Å². The molecule has 3 N–H and O–H groups in total. The Kier molecular flexibility index (Phi) is 5.59. The fourth-order valence-corrected chi connectivity index (χ4v) is 3.99. The van der Waals surface area contributed by atoms with Crippen LogP contribution in [0.25, 0.3) is 0 Å². The predicted molar refractivity (Wildman–Crippen MR) is 109 cm³/mol. The summed E-state index contributed by atoms with van der Waals surface area (Å²) < 4.78 is 33.7. The molecule has 0 aliphatic heterocycles. The fraction of sp³-hybridized carbons (Fsp3) is 0.211. The lowest BCUT2D eigenvalue weighted by Crippen LogP contribution is -2.16. The van der Waals surface area contributed by atoms with Crippen molar-refractivity contribution in [1.82, 2.24) is 15.0 Å². The number of nitriles is 1. The number of aryl methyl sites for hydroxylation is 2. The number of H-pyrrole nitrogens is 1. The smallest absolute Gasteiger partial charge is 0.156 e. The number of nitrogens with one attached hydrogen (secondary N) is 3. The molecule has 0 aliphatic carbocycles. The first-order valence-corrected chi connectivity index (χ1v) is 10.8. The molecule has 1 aromatic carbocycles. The van der Waals surface area contributed by atoms with Gasteiger partial charge in [-0.3, -0.25) is 0 Å². The third kappa shape index (κ3) is 4.39. The zero-order chi connectivity index (χ0) is 21.3. The van der Waals surface area contributed by atoms with E-state index in [9.17, 15) is 8.60 Å². The number of nitrogens with zero attached hydrogens (tertiary/aromatic N) is 3. The summed E-state index contributed by atoms with van der Waals surface area (Å²) in [5.74, 6) is 0.289. The Hall–Kier alpha value is -2.96. The zero-order valence-corrected chi connectivity index (χ0v) is 17.5. The summed E-state index contributed by atoms with van der Waals surface area (Å²) in [5.41, 5.74) is 2.10. The van der Waals surface area contributed by atoms with Crippen molar-refractivity contribution in [2.45, 2.75) is 24.9 Å². The Morgan fingerprint density at radius 1 is 1.31 bits per heavy atom. The molecule has 2 atom stereocenters. The van der Waals surface area contributed by atoms with E-state index in [2.05, 4.69) is 26.3 Å². The fourth-order valence-electron chi connectivity index (χ4n) is 2.89. The van der Waals surface area contributed by atoms with Gasteiger partial charge in [-0.15, -0.1) is 0 Å². The molecule has 2 unspecified atom stereocenters. The van der Waals surface area contributed by atoms with Crippen molar-refractivity contribution < 1.29 is 8.60 Å². The Morgan fingerprint density at radius 2 is 2.03 bits per heavy atom. The topological polar surface area (TPSA) is 118 Å². The molecule has 0 saturated carbocycles. The molecule has 10 heteroatoms. The average Bonchev–Trinajstić information content (AvgIpc) is 3.04. The Labute approximate surface area is 172 Å². The number of halogens is 2. The van der Waals surface area contributed by atoms with Gasteiger partial charge in [0, 0.05) is 11.9 Å². The lowest BCUT2D eigenvalue weighted by Gasteiger charge is -2.19. The van der Waals surface area contributed by atoms with Crippen LogP contribution in [0.4, 0.5) is 10.2 Å². The first-order valence-electron chi connectivity index (χ1n) is 8.49. The molecule has 0 bridgehead atoms. The maximum absolute atomic E-state index is 13.7. The highest BCUT2D eigenvalue weighted by Gasteiger charge is 2.23. The van der Waals surface area contributed by atoms with Gasteiger partial charge >= 0.3 is 0 Å². The van der Waals surface area contributed by atoms with Gasteiger partial charge < -0.3 is 10.3 Å². The number of rotatable bonds is 5. The Bertz CT molecular complexity index is 1230. The molecule has 2 heterocycles. The Morgan fingerprint density at radius 3 is 2.59 bits per heavy atom. The molecule has 3 rings (SSSR count). The van der Waals surface area contributed by atoms with Crippen LogP contribution in [0.5, 0.6) is 0 Å². The van der Waals surface area contributed by atoms with Crippen molar-refractivity contribution in [3.63, 3.8) is 0 Å². The second-order valence-corrected chi connectivity index (χ2v) is 9.07. The van der Waals surface area contributed by atoms with Crippen LogP contribution < -0.4 is 5.32 Å². The number of benzene rings is 1.